The first-order valence-corrected chi connectivity index (χ1v) is 6.23. The van der Waals surface area contributed by atoms with Crippen LogP contribution < -0.4 is 0 Å². The first-order valence-electron chi connectivity index (χ1n) is 6.23. The molecule has 0 radical (unpaired) electrons. The molecule has 0 amide bonds. The van der Waals surface area contributed by atoms with E-state index in [9.17, 15) is 4.79 Å². The highest BCUT2D eigenvalue weighted by atomic mass is 16.5. The van der Waals surface area contributed by atoms with E-state index in [1.54, 1.807) is 24.7 Å². The molecule has 2 aromatic rings. The molecule has 0 saturated heterocycles. The van der Waals surface area contributed by atoms with Gasteiger partial charge in [0, 0.05) is 18.1 Å². The molecular formula is C14H17N3O2. The lowest BCUT2D eigenvalue weighted by Gasteiger charge is -2.01. The maximum absolute atomic E-state index is 11.7. The van der Waals surface area contributed by atoms with Crippen molar-refractivity contribution in [1.29, 1.82) is 0 Å². The average molecular weight is 259 g/mol. The van der Waals surface area contributed by atoms with Crippen molar-refractivity contribution in [2.24, 2.45) is 0 Å². The molecule has 100 valence electrons. The molecule has 0 bridgehead atoms. The summed E-state index contributed by atoms with van der Waals surface area (Å²) >= 11 is 0. The van der Waals surface area contributed by atoms with Gasteiger partial charge in [0.05, 0.1) is 18.8 Å². The number of esters is 1. The maximum atomic E-state index is 11.7. The van der Waals surface area contributed by atoms with Gasteiger partial charge in [0.15, 0.2) is 0 Å². The van der Waals surface area contributed by atoms with Crippen LogP contribution in [0.15, 0.2) is 24.5 Å². The van der Waals surface area contributed by atoms with Gasteiger partial charge in [0.25, 0.3) is 0 Å². The number of nitrogens with zero attached hydrogens (tertiary/aromatic N) is 3. The molecule has 0 aromatic carbocycles. The number of pyridine rings is 1. The smallest absolute Gasteiger partial charge is 0.341 e. The molecule has 0 atom stereocenters. The second-order valence-corrected chi connectivity index (χ2v) is 4.35. The minimum atomic E-state index is -0.326. The fourth-order valence-electron chi connectivity index (χ4n) is 1.79. The standard InChI is InChI=1S/C14H17N3O2/c1-4-19-14(18)13-9-17(16-11(13)3)8-12-6-5-10(2)15-7-12/h5-7,9H,4,8H2,1-3H3. The summed E-state index contributed by atoms with van der Waals surface area (Å²) in [6.07, 6.45) is 3.53. The number of rotatable bonds is 4. The van der Waals surface area contributed by atoms with E-state index in [2.05, 4.69) is 10.1 Å². The van der Waals surface area contributed by atoms with Gasteiger partial charge in [-0.15, -0.1) is 0 Å². The number of aromatic nitrogens is 3. The fourth-order valence-corrected chi connectivity index (χ4v) is 1.79. The Kier molecular flexibility index (Phi) is 3.94. The van der Waals surface area contributed by atoms with E-state index >= 15 is 0 Å². The Morgan fingerprint density at radius 2 is 2.16 bits per heavy atom. The zero-order valence-electron chi connectivity index (χ0n) is 11.4. The largest absolute Gasteiger partial charge is 0.462 e. The van der Waals surface area contributed by atoms with Crippen LogP contribution >= 0.6 is 0 Å². The average Bonchev–Trinajstić information content (AvgIpc) is 2.74. The first kappa shape index (κ1) is 13.3. The molecule has 2 rings (SSSR count). The molecular weight excluding hydrogens is 242 g/mol. The monoisotopic (exact) mass is 259 g/mol. The summed E-state index contributed by atoms with van der Waals surface area (Å²) < 4.78 is 6.71. The quantitative estimate of drug-likeness (QED) is 0.789. The Morgan fingerprint density at radius 1 is 1.37 bits per heavy atom. The summed E-state index contributed by atoms with van der Waals surface area (Å²) in [5.41, 5.74) is 3.22. The van der Waals surface area contributed by atoms with Gasteiger partial charge in [-0.1, -0.05) is 6.07 Å². The van der Waals surface area contributed by atoms with E-state index in [1.165, 1.54) is 0 Å². The molecule has 5 nitrogen and oxygen atoms in total. The van der Waals surface area contributed by atoms with Crippen molar-refractivity contribution in [2.75, 3.05) is 6.61 Å². The summed E-state index contributed by atoms with van der Waals surface area (Å²) in [6.45, 7) is 6.49. The SMILES string of the molecule is CCOC(=O)c1cn(Cc2ccc(C)nc2)nc1C. The number of hydrogen-bond donors (Lipinski definition) is 0. The lowest BCUT2D eigenvalue weighted by atomic mass is 10.2. The lowest BCUT2D eigenvalue weighted by molar-refractivity contribution is 0.0525. The van der Waals surface area contributed by atoms with Crippen molar-refractivity contribution >= 4 is 5.97 Å². The van der Waals surface area contributed by atoms with Crippen LogP contribution in [0.3, 0.4) is 0 Å². The van der Waals surface area contributed by atoms with Crippen LogP contribution in [-0.2, 0) is 11.3 Å². The lowest BCUT2D eigenvalue weighted by Crippen LogP contribution is -2.05. The van der Waals surface area contributed by atoms with Crippen molar-refractivity contribution in [1.82, 2.24) is 14.8 Å². The van der Waals surface area contributed by atoms with E-state index in [4.69, 9.17) is 4.74 Å². The van der Waals surface area contributed by atoms with Crippen LogP contribution in [0.1, 0.15) is 34.2 Å². The summed E-state index contributed by atoms with van der Waals surface area (Å²) in [5, 5.41) is 4.32. The number of ether oxygens (including phenoxy) is 1. The third-order valence-corrected chi connectivity index (χ3v) is 2.76. The highest BCUT2D eigenvalue weighted by molar-refractivity contribution is 5.90. The molecule has 5 heteroatoms. The van der Waals surface area contributed by atoms with E-state index < -0.39 is 0 Å². The molecule has 0 aliphatic carbocycles. The summed E-state index contributed by atoms with van der Waals surface area (Å²) in [6, 6.07) is 3.96. The predicted octanol–water partition coefficient (Wildman–Crippen LogP) is 2.12. The van der Waals surface area contributed by atoms with Gasteiger partial charge in [-0.05, 0) is 32.4 Å². The van der Waals surface area contributed by atoms with Crippen LogP contribution in [0.4, 0.5) is 0 Å². The molecule has 0 fully saturated rings. The number of carbonyl (C=O) groups excluding carboxylic acids is 1. The van der Waals surface area contributed by atoms with Gasteiger partial charge in [0.2, 0.25) is 0 Å². The van der Waals surface area contributed by atoms with Gasteiger partial charge < -0.3 is 4.74 Å². The van der Waals surface area contributed by atoms with Crippen LogP contribution in [0.2, 0.25) is 0 Å². The number of carbonyl (C=O) groups is 1. The third-order valence-electron chi connectivity index (χ3n) is 2.76. The molecule has 2 aromatic heterocycles. The van der Waals surface area contributed by atoms with Crippen LogP contribution in [0.5, 0.6) is 0 Å². The molecule has 0 aliphatic rings. The molecule has 0 spiro atoms. The van der Waals surface area contributed by atoms with Crippen molar-refractivity contribution in [3.05, 3.63) is 47.0 Å². The fraction of sp³-hybridized carbons (Fsp3) is 0.357. The van der Waals surface area contributed by atoms with Crippen molar-refractivity contribution in [3.63, 3.8) is 0 Å². The molecule has 0 unspecified atom stereocenters. The van der Waals surface area contributed by atoms with Crippen LogP contribution in [0, 0.1) is 13.8 Å². The zero-order valence-corrected chi connectivity index (χ0v) is 11.4. The predicted molar refractivity (Wildman–Crippen MR) is 71.0 cm³/mol. The summed E-state index contributed by atoms with van der Waals surface area (Å²) in [5.74, 6) is -0.326. The second-order valence-electron chi connectivity index (χ2n) is 4.35. The van der Waals surface area contributed by atoms with Gasteiger partial charge in [-0.2, -0.15) is 5.10 Å². The van der Waals surface area contributed by atoms with Gasteiger partial charge in [0.1, 0.15) is 5.56 Å². The van der Waals surface area contributed by atoms with Gasteiger partial charge >= 0.3 is 5.97 Å². The van der Waals surface area contributed by atoms with Crippen molar-refractivity contribution < 1.29 is 9.53 Å². The highest BCUT2D eigenvalue weighted by Crippen LogP contribution is 2.10. The second kappa shape index (κ2) is 5.65. The Hall–Kier alpha value is -2.17. The molecule has 0 saturated carbocycles. The Morgan fingerprint density at radius 3 is 2.79 bits per heavy atom. The van der Waals surface area contributed by atoms with Crippen molar-refractivity contribution in [2.45, 2.75) is 27.3 Å². The van der Waals surface area contributed by atoms with E-state index in [0.717, 1.165) is 11.3 Å². The van der Waals surface area contributed by atoms with Crippen LogP contribution in [0.25, 0.3) is 0 Å². The Labute approximate surface area is 112 Å². The first-order chi connectivity index (χ1) is 9.10. The Balaban J connectivity index is 2.16. The third kappa shape index (κ3) is 3.19. The minimum absolute atomic E-state index is 0.326. The van der Waals surface area contributed by atoms with Crippen molar-refractivity contribution in [3.8, 4) is 0 Å². The van der Waals surface area contributed by atoms with E-state index in [1.807, 2.05) is 25.3 Å². The normalized spacial score (nSPS) is 10.5. The van der Waals surface area contributed by atoms with E-state index in [-0.39, 0.29) is 5.97 Å². The maximum Gasteiger partial charge on any atom is 0.341 e. The van der Waals surface area contributed by atoms with Gasteiger partial charge in [-0.3, -0.25) is 9.67 Å². The summed E-state index contributed by atoms with van der Waals surface area (Å²) in [4.78, 5) is 15.9. The highest BCUT2D eigenvalue weighted by Gasteiger charge is 2.14. The molecule has 19 heavy (non-hydrogen) atoms. The van der Waals surface area contributed by atoms with Gasteiger partial charge in [-0.25, -0.2) is 4.79 Å². The summed E-state index contributed by atoms with van der Waals surface area (Å²) in [7, 11) is 0. The minimum Gasteiger partial charge on any atom is -0.462 e. The number of aryl methyl sites for hydroxylation is 2. The van der Waals surface area contributed by atoms with E-state index in [0.29, 0.717) is 24.4 Å². The number of hydrogen-bond acceptors (Lipinski definition) is 4. The topological polar surface area (TPSA) is 57.0 Å². The molecule has 0 aliphatic heterocycles. The molecule has 2 heterocycles. The Bertz CT molecular complexity index is 573. The zero-order chi connectivity index (χ0) is 13.8. The van der Waals surface area contributed by atoms with Crippen LogP contribution in [-0.4, -0.2) is 27.3 Å². The molecule has 0 N–H and O–H groups in total.